The van der Waals surface area contributed by atoms with E-state index in [-0.39, 0.29) is 5.17 Å². The largest absolute Gasteiger partial charge is 0.398 e. The van der Waals surface area contributed by atoms with E-state index in [0.29, 0.717) is 17.8 Å². The number of hydrogen-bond acceptors (Lipinski definition) is 6. The number of nitrogens with zero attached hydrogens (tertiary/aromatic N) is 5. The number of nitriles is 1. The first-order chi connectivity index (χ1) is 9.15. The van der Waals surface area contributed by atoms with Gasteiger partial charge in [-0.1, -0.05) is 16.8 Å². The maximum absolute atomic E-state index is 9.22. The maximum atomic E-state index is 9.22. The van der Waals surface area contributed by atoms with Gasteiger partial charge >= 0.3 is 0 Å². The minimum absolute atomic E-state index is 0.201. The van der Waals surface area contributed by atoms with Gasteiger partial charge in [-0.3, -0.25) is 0 Å². The van der Waals surface area contributed by atoms with Crippen molar-refractivity contribution in [2.24, 2.45) is 10.3 Å². The Morgan fingerprint density at radius 2 is 2.37 bits per heavy atom. The molecular formula is C12H12ClN5O. The minimum atomic E-state index is 0.201. The average molecular weight is 278 g/mol. The minimum Gasteiger partial charge on any atom is -0.398 e. The molecule has 0 spiro atoms. The molecule has 1 heterocycles. The summed E-state index contributed by atoms with van der Waals surface area (Å²) in [6.07, 6.45) is 1.70. The highest BCUT2D eigenvalue weighted by Crippen LogP contribution is 2.24. The van der Waals surface area contributed by atoms with Gasteiger partial charge in [0.1, 0.15) is 26.2 Å². The van der Waals surface area contributed by atoms with Crippen molar-refractivity contribution in [3.05, 3.63) is 29.3 Å². The van der Waals surface area contributed by atoms with Gasteiger partial charge < -0.3 is 9.74 Å². The van der Waals surface area contributed by atoms with Crippen LogP contribution in [0.1, 0.15) is 11.1 Å². The van der Waals surface area contributed by atoms with Crippen LogP contribution < -0.4 is 5.01 Å². The fourth-order valence-corrected chi connectivity index (χ4v) is 1.87. The van der Waals surface area contributed by atoms with E-state index < -0.39 is 0 Å². The number of rotatable bonds is 3. The van der Waals surface area contributed by atoms with E-state index in [0.717, 1.165) is 5.69 Å². The molecule has 0 atom stereocenters. The summed E-state index contributed by atoms with van der Waals surface area (Å²) in [6.45, 7) is 0.605. The SMILES string of the molecule is CO/N=C(\Cl)c1ccc(N2CN(C)C=N2)c(C#N)c1. The highest BCUT2D eigenvalue weighted by atomic mass is 35.5. The second-order valence-corrected chi connectivity index (χ2v) is 4.30. The molecule has 0 amide bonds. The molecule has 6 nitrogen and oxygen atoms in total. The van der Waals surface area contributed by atoms with Crippen molar-refractivity contribution in [3.63, 3.8) is 0 Å². The lowest BCUT2D eigenvalue weighted by atomic mass is 10.1. The molecule has 2 rings (SSSR count). The lowest BCUT2D eigenvalue weighted by Gasteiger charge is -2.17. The van der Waals surface area contributed by atoms with E-state index in [1.165, 1.54) is 7.11 Å². The summed E-state index contributed by atoms with van der Waals surface area (Å²) in [5, 5.41) is 19.0. The lowest BCUT2D eigenvalue weighted by molar-refractivity contribution is 0.214. The molecule has 0 bridgehead atoms. The molecule has 0 radical (unpaired) electrons. The molecule has 0 N–H and O–H groups in total. The highest BCUT2D eigenvalue weighted by molar-refractivity contribution is 6.69. The average Bonchev–Trinajstić information content (AvgIpc) is 2.84. The standard InChI is InChI=1S/C12H12ClN5O/c1-17-7-15-18(8-17)11-4-3-9(5-10(11)6-14)12(13)16-19-2/h3-5,7H,8H2,1-2H3/b16-12-. The molecule has 0 saturated carbocycles. The molecule has 0 unspecified atom stereocenters. The zero-order valence-corrected chi connectivity index (χ0v) is 11.3. The molecule has 1 aromatic carbocycles. The van der Waals surface area contributed by atoms with E-state index in [9.17, 15) is 5.26 Å². The van der Waals surface area contributed by atoms with Crippen LogP contribution in [0.3, 0.4) is 0 Å². The van der Waals surface area contributed by atoms with Gasteiger partial charge in [-0.2, -0.15) is 10.4 Å². The van der Waals surface area contributed by atoms with Gasteiger partial charge in [-0.05, 0) is 18.2 Å². The molecule has 0 saturated heterocycles. The van der Waals surface area contributed by atoms with Crippen molar-refractivity contribution in [1.29, 1.82) is 5.26 Å². The Kier molecular flexibility index (Phi) is 3.88. The Morgan fingerprint density at radius 3 is 2.95 bits per heavy atom. The molecule has 1 aliphatic heterocycles. The number of hydrazone groups is 1. The summed E-state index contributed by atoms with van der Waals surface area (Å²) in [4.78, 5) is 6.52. The van der Waals surface area contributed by atoms with Crippen LogP contribution >= 0.6 is 11.6 Å². The Balaban J connectivity index is 2.35. The van der Waals surface area contributed by atoms with Gasteiger partial charge in [0.25, 0.3) is 0 Å². The first-order valence-corrected chi connectivity index (χ1v) is 5.86. The van der Waals surface area contributed by atoms with Crippen LogP contribution in [0, 0.1) is 11.3 Å². The predicted octanol–water partition coefficient (Wildman–Crippen LogP) is 1.76. The molecule has 1 aromatic rings. The van der Waals surface area contributed by atoms with Crippen molar-refractivity contribution in [2.75, 3.05) is 25.8 Å². The van der Waals surface area contributed by atoms with Crippen LogP contribution in [0.4, 0.5) is 5.69 Å². The fraction of sp³-hybridized carbons (Fsp3) is 0.250. The molecule has 7 heteroatoms. The summed E-state index contributed by atoms with van der Waals surface area (Å²) in [5.41, 5.74) is 1.84. The van der Waals surface area contributed by atoms with E-state index in [1.807, 2.05) is 11.9 Å². The third kappa shape index (κ3) is 2.77. The lowest BCUT2D eigenvalue weighted by Crippen LogP contribution is -2.23. The smallest absolute Gasteiger partial charge is 0.175 e. The maximum Gasteiger partial charge on any atom is 0.175 e. The second-order valence-electron chi connectivity index (χ2n) is 3.94. The van der Waals surface area contributed by atoms with Gasteiger partial charge in [0.15, 0.2) is 5.17 Å². The van der Waals surface area contributed by atoms with Crippen molar-refractivity contribution in [2.45, 2.75) is 0 Å². The van der Waals surface area contributed by atoms with Crippen LogP contribution in [-0.2, 0) is 4.84 Å². The van der Waals surface area contributed by atoms with E-state index in [1.54, 1.807) is 29.5 Å². The normalized spacial score (nSPS) is 14.7. The molecule has 0 fully saturated rings. The van der Waals surface area contributed by atoms with Gasteiger partial charge in [0.2, 0.25) is 0 Å². The molecule has 1 aliphatic rings. The topological polar surface area (TPSA) is 64.2 Å². The summed E-state index contributed by atoms with van der Waals surface area (Å²) in [7, 11) is 3.32. The quantitative estimate of drug-likeness (QED) is 0.624. The number of benzene rings is 1. The summed E-state index contributed by atoms with van der Waals surface area (Å²) in [5.74, 6) is 0. The van der Waals surface area contributed by atoms with Crippen molar-refractivity contribution < 1.29 is 4.84 Å². The van der Waals surface area contributed by atoms with E-state index in [4.69, 9.17) is 11.6 Å². The van der Waals surface area contributed by atoms with Crippen LogP contribution in [0.15, 0.2) is 28.5 Å². The van der Waals surface area contributed by atoms with Crippen LogP contribution in [0.2, 0.25) is 0 Å². The van der Waals surface area contributed by atoms with Gasteiger partial charge in [-0.15, -0.1) is 0 Å². The van der Waals surface area contributed by atoms with Crippen molar-refractivity contribution in [1.82, 2.24) is 4.90 Å². The van der Waals surface area contributed by atoms with E-state index >= 15 is 0 Å². The Labute approximate surface area is 116 Å². The zero-order chi connectivity index (χ0) is 13.8. The Bertz CT molecular complexity index is 578. The third-order valence-electron chi connectivity index (χ3n) is 2.55. The van der Waals surface area contributed by atoms with Crippen LogP contribution in [0.25, 0.3) is 0 Å². The Hall–Kier alpha value is -2.26. The van der Waals surface area contributed by atoms with Crippen LogP contribution in [-0.4, -0.2) is 37.2 Å². The van der Waals surface area contributed by atoms with E-state index in [2.05, 4.69) is 21.2 Å². The first-order valence-electron chi connectivity index (χ1n) is 5.48. The van der Waals surface area contributed by atoms with Crippen molar-refractivity contribution in [3.8, 4) is 6.07 Å². The summed E-state index contributed by atoms with van der Waals surface area (Å²) < 4.78 is 0. The number of halogens is 1. The molecule has 19 heavy (non-hydrogen) atoms. The third-order valence-corrected chi connectivity index (χ3v) is 2.84. The monoisotopic (exact) mass is 277 g/mol. The first kappa shape index (κ1) is 13.2. The van der Waals surface area contributed by atoms with Crippen LogP contribution in [0.5, 0.6) is 0 Å². The van der Waals surface area contributed by atoms with Gasteiger partial charge in [-0.25, -0.2) is 5.01 Å². The molecule has 0 aromatic heterocycles. The van der Waals surface area contributed by atoms with Gasteiger partial charge in [0, 0.05) is 12.6 Å². The molecule has 0 aliphatic carbocycles. The number of hydrogen-bond donors (Lipinski definition) is 0. The summed E-state index contributed by atoms with van der Waals surface area (Å²) in [6, 6.07) is 7.36. The Morgan fingerprint density at radius 1 is 1.58 bits per heavy atom. The second kappa shape index (κ2) is 5.59. The zero-order valence-electron chi connectivity index (χ0n) is 10.5. The molecular weight excluding hydrogens is 266 g/mol. The number of anilines is 1. The fourth-order valence-electron chi connectivity index (χ4n) is 1.69. The summed E-state index contributed by atoms with van der Waals surface area (Å²) >= 11 is 5.93. The predicted molar refractivity (Wildman–Crippen MR) is 74.2 cm³/mol. The van der Waals surface area contributed by atoms with Gasteiger partial charge in [0.05, 0.1) is 11.3 Å². The van der Waals surface area contributed by atoms with Crippen molar-refractivity contribution >= 4 is 28.8 Å². The highest BCUT2D eigenvalue weighted by Gasteiger charge is 2.17. The number of oxime groups is 1. The molecule has 98 valence electrons.